The van der Waals surface area contributed by atoms with Crippen molar-refractivity contribution in [3.63, 3.8) is 0 Å². The number of benzene rings is 3. The molecule has 0 fully saturated rings. The van der Waals surface area contributed by atoms with Crippen LogP contribution in [0.5, 0.6) is 5.75 Å². The first-order valence-corrected chi connectivity index (χ1v) is 17.0. The Balaban J connectivity index is 2.07. The molecule has 6 heteroatoms. The van der Waals surface area contributed by atoms with E-state index in [4.69, 9.17) is 39.5 Å². The van der Waals surface area contributed by atoms with E-state index in [-0.39, 0.29) is 0 Å². The molecule has 0 amide bonds. The van der Waals surface area contributed by atoms with Crippen LogP contribution in [0, 0.1) is 0 Å². The quantitative estimate of drug-likeness (QED) is 0.281. The zero-order chi connectivity index (χ0) is 21.8. The van der Waals surface area contributed by atoms with Gasteiger partial charge in [-0.3, -0.25) is 0 Å². The minimum Gasteiger partial charge on any atom is -0.494 e. The second kappa shape index (κ2) is 9.92. The van der Waals surface area contributed by atoms with Crippen molar-refractivity contribution in [3.05, 3.63) is 82.8 Å². The van der Waals surface area contributed by atoms with E-state index in [1.165, 1.54) is 15.6 Å². The standard InChI is InChI=1S/C24H27Cl3OSi2/c1-4-28-21-9-15-22(16-10-21)29(2,3)18-30(17-25,23-11-5-19(26)6-12-23)24-13-7-20(27)8-14-24/h5-16H,4,17-18H2,1-3H3. The molecule has 0 radical (unpaired) electrons. The van der Waals surface area contributed by atoms with Gasteiger partial charge in [-0.1, -0.05) is 88.3 Å². The molecular weight excluding hydrogens is 467 g/mol. The lowest BCUT2D eigenvalue weighted by atomic mass is 10.3. The van der Waals surface area contributed by atoms with Gasteiger partial charge in [0.15, 0.2) is 0 Å². The molecule has 158 valence electrons. The SMILES string of the molecule is CCOc1ccc([Si](C)(C)C[Si](CCl)(c2ccc(Cl)cc2)c2ccc(Cl)cc2)cc1. The van der Waals surface area contributed by atoms with Crippen molar-refractivity contribution < 1.29 is 4.74 Å². The summed E-state index contributed by atoms with van der Waals surface area (Å²) in [6.07, 6.45) is 0. The molecule has 0 aliphatic rings. The number of ether oxygens (including phenoxy) is 1. The predicted molar refractivity (Wildman–Crippen MR) is 138 cm³/mol. The van der Waals surface area contributed by atoms with Crippen molar-refractivity contribution in [3.8, 4) is 5.75 Å². The molecule has 1 nitrogen and oxygen atoms in total. The van der Waals surface area contributed by atoms with E-state index in [0.29, 0.717) is 12.1 Å². The van der Waals surface area contributed by atoms with Gasteiger partial charge in [-0.25, -0.2) is 0 Å². The van der Waals surface area contributed by atoms with Crippen molar-refractivity contribution in [2.75, 3.05) is 12.1 Å². The monoisotopic (exact) mass is 492 g/mol. The molecule has 0 saturated carbocycles. The Kier molecular flexibility index (Phi) is 7.75. The minimum absolute atomic E-state index is 0.615. The Hall–Kier alpha value is -1.24. The van der Waals surface area contributed by atoms with Crippen LogP contribution in [-0.4, -0.2) is 28.3 Å². The van der Waals surface area contributed by atoms with Crippen LogP contribution >= 0.6 is 34.8 Å². The van der Waals surface area contributed by atoms with Crippen LogP contribution in [0.4, 0.5) is 0 Å². The van der Waals surface area contributed by atoms with E-state index in [0.717, 1.165) is 21.5 Å². The van der Waals surface area contributed by atoms with E-state index in [1.807, 2.05) is 31.2 Å². The summed E-state index contributed by atoms with van der Waals surface area (Å²) >= 11 is 19.2. The molecule has 0 N–H and O–H groups in total. The van der Waals surface area contributed by atoms with Gasteiger partial charge in [0, 0.05) is 15.5 Å². The van der Waals surface area contributed by atoms with Gasteiger partial charge in [-0.05, 0) is 49.0 Å². The van der Waals surface area contributed by atoms with Crippen molar-refractivity contribution in [2.24, 2.45) is 0 Å². The number of rotatable bonds is 8. The maximum Gasteiger partial charge on any atom is 0.130 e. The highest BCUT2D eigenvalue weighted by molar-refractivity contribution is 7.14. The predicted octanol–water partition coefficient (Wildman–Crippen LogP) is 5.89. The molecule has 0 aliphatic heterocycles. The Morgan fingerprint density at radius 3 is 1.53 bits per heavy atom. The van der Waals surface area contributed by atoms with E-state index in [9.17, 15) is 0 Å². The van der Waals surface area contributed by atoms with Crippen LogP contribution in [-0.2, 0) is 0 Å². The second-order valence-electron chi connectivity index (χ2n) is 8.25. The molecule has 0 saturated heterocycles. The van der Waals surface area contributed by atoms with E-state index in [1.54, 1.807) is 0 Å². The third-order valence-electron chi connectivity index (χ3n) is 5.71. The Morgan fingerprint density at radius 2 is 1.13 bits per heavy atom. The number of hydrogen-bond acceptors (Lipinski definition) is 1. The largest absolute Gasteiger partial charge is 0.494 e. The molecule has 30 heavy (non-hydrogen) atoms. The van der Waals surface area contributed by atoms with Crippen LogP contribution in [0.1, 0.15) is 6.92 Å². The van der Waals surface area contributed by atoms with Gasteiger partial charge in [-0.15, -0.1) is 11.6 Å². The molecule has 0 bridgehead atoms. The normalized spacial score (nSPS) is 12.1. The zero-order valence-corrected chi connectivity index (χ0v) is 21.9. The average Bonchev–Trinajstić information content (AvgIpc) is 2.74. The van der Waals surface area contributed by atoms with E-state index < -0.39 is 16.1 Å². The smallest absolute Gasteiger partial charge is 0.130 e. The molecule has 3 aromatic carbocycles. The highest BCUT2D eigenvalue weighted by Crippen LogP contribution is 2.24. The molecule has 3 aromatic rings. The first-order chi connectivity index (χ1) is 14.3. The summed E-state index contributed by atoms with van der Waals surface area (Å²) in [5.74, 6) is 0.919. The summed E-state index contributed by atoms with van der Waals surface area (Å²) in [7, 11) is -4.05. The van der Waals surface area contributed by atoms with Crippen molar-refractivity contribution in [2.45, 2.75) is 25.7 Å². The van der Waals surface area contributed by atoms with Crippen molar-refractivity contribution >= 4 is 66.5 Å². The molecule has 0 aliphatic carbocycles. The molecule has 3 rings (SSSR count). The maximum absolute atomic E-state index is 6.83. The lowest BCUT2D eigenvalue weighted by Gasteiger charge is -2.38. The van der Waals surface area contributed by atoms with Gasteiger partial charge in [-0.2, -0.15) is 0 Å². The van der Waals surface area contributed by atoms with Crippen molar-refractivity contribution in [1.29, 1.82) is 0 Å². The van der Waals surface area contributed by atoms with Crippen molar-refractivity contribution in [1.82, 2.24) is 0 Å². The first kappa shape index (κ1) is 23.4. The Bertz CT molecular complexity index is 910. The van der Waals surface area contributed by atoms with Crippen LogP contribution in [0.3, 0.4) is 0 Å². The summed E-state index contributed by atoms with van der Waals surface area (Å²) < 4.78 is 5.63. The van der Waals surface area contributed by atoms with Gasteiger partial charge in [0.05, 0.1) is 14.7 Å². The summed E-state index contributed by atoms with van der Waals surface area (Å²) in [6, 6.07) is 25.2. The summed E-state index contributed by atoms with van der Waals surface area (Å²) in [4.78, 5) is 0. The molecule has 0 heterocycles. The summed E-state index contributed by atoms with van der Waals surface area (Å²) in [5.41, 5.74) is 1.71. The first-order valence-electron chi connectivity index (χ1n) is 10.1. The fourth-order valence-electron chi connectivity index (χ4n) is 4.14. The minimum atomic E-state index is -2.24. The molecular formula is C24H27Cl3OSi2. The van der Waals surface area contributed by atoms with E-state index >= 15 is 0 Å². The van der Waals surface area contributed by atoms with Crippen LogP contribution in [0.2, 0.25) is 28.8 Å². The highest BCUT2D eigenvalue weighted by atomic mass is 35.5. The average molecular weight is 494 g/mol. The maximum atomic E-state index is 6.83. The second-order valence-corrected chi connectivity index (χ2v) is 19.3. The van der Waals surface area contributed by atoms with Crippen LogP contribution in [0.15, 0.2) is 72.8 Å². The summed E-state index contributed by atoms with van der Waals surface area (Å²) in [6.45, 7) is 7.55. The van der Waals surface area contributed by atoms with Gasteiger partial charge in [0.2, 0.25) is 0 Å². The highest BCUT2D eigenvalue weighted by Gasteiger charge is 2.43. The zero-order valence-electron chi connectivity index (χ0n) is 17.6. The van der Waals surface area contributed by atoms with Crippen LogP contribution in [0.25, 0.3) is 0 Å². The molecule has 0 unspecified atom stereocenters. The number of halogens is 3. The van der Waals surface area contributed by atoms with E-state index in [2.05, 4.69) is 61.6 Å². The van der Waals surface area contributed by atoms with Crippen LogP contribution < -0.4 is 20.3 Å². The number of hydrogen-bond donors (Lipinski definition) is 0. The molecule has 0 spiro atoms. The van der Waals surface area contributed by atoms with Gasteiger partial charge < -0.3 is 4.74 Å². The topological polar surface area (TPSA) is 9.23 Å². The number of alkyl halides is 1. The molecule has 0 aromatic heterocycles. The van der Waals surface area contributed by atoms with Gasteiger partial charge in [0.25, 0.3) is 0 Å². The van der Waals surface area contributed by atoms with Gasteiger partial charge in [0.1, 0.15) is 13.8 Å². The summed E-state index contributed by atoms with van der Waals surface area (Å²) in [5, 5.41) is 5.54. The lowest BCUT2D eigenvalue weighted by Crippen LogP contribution is -2.66. The lowest BCUT2D eigenvalue weighted by molar-refractivity contribution is 0.340. The fourth-order valence-corrected chi connectivity index (χ4v) is 18.3. The fraction of sp³-hybridized carbons (Fsp3) is 0.250. The molecule has 0 atom stereocenters. The Labute approximate surface area is 197 Å². The van der Waals surface area contributed by atoms with Gasteiger partial charge >= 0.3 is 0 Å². The third kappa shape index (κ3) is 5.14. The third-order valence-corrected chi connectivity index (χ3v) is 18.8. The Morgan fingerprint density at radius 1 is 0.700 bits per heavy atom.